The molecule has 0 fully saturated rings. The molecule has 0 aliphatic heterocycles. The van der Waals surface area contributed by atoms with E-state index in [2.05, 4.69) is 17.1 Å². The average molecular weight is 483 g/mol. The van der Waals surface area contributed by atoms with Crippen molar-refractivity contribution in [3.05, 3.63) is 104 Å². The number of carbonyl (C=O) groups excluding carboxylic acids is 1. The smallest absolute Gasteiger partial charge is 0.266 e. The molecule has 176 valence electrons. The van der Waals surface area contributed by atoms with Gasteiger partial charge in [-0.3, -0.25) is 14.5 Å². The number of carbonyl (C=O) groups is 1. The van der Waals surface area contributed by atoms with Crippen LogP contribution in [0.5, 0.6) is 0 Å². The highest BCUT2D eigenvalue weighted by atomic mass is 32.1. The van der Waals surface area contributed by atoms with Crippen LogP contribution in [0.25, 0.3) is 11.3 Å². The maximum absolute atomic E-state index is 13.5. The zero-order valence-electron chi connectivity index (χ0n) is 19.7. The number of aromatic nitrogens is 2. The number of aromatic amines is 1. The van der Waals surface area contributed by atoms with Crippen LogP contribution in [0.3, 0.4) is 0 Å². The standard InChI is InChI=1S/C28H26N4O2S/c1-19-23(20(2)30-27(34)24(19)17-29)13-14-26(33)32(16-15-21-9-5-3-6-10-21)28-31-25(18-35-28)22-11-7-4-8-12-22/h3-12,18H,13-16H2,1-2H3,(H,30,34). The minimum absolute atomic E-state index is 0.0431. The van der Waals surface area contributed by atoms with Gasteiger partial charge in [0, 0.05) is 29.6 Å². The second kappa shape index (κ2) is 10.9. The topological polar surface area (TPSA) is 89.8 Å². The van der Waals surface area contributed by atoms with Crippen LogP contribution in [0, 0.1) is 25.2 Å². The van der Waals surface area contributed by atoms with Crippen molar-refractivity contribution in [2.75, 3.05) is 11.4 Å². The number of aryl methyl sites for hydroxylation is 1. The number of anilines is 1. The van der Waals surface area contributed by atoms with E-state index in [1.807, 2.05) is 60.0 Å². The molecular formula is C28H26N4O2S. The number of nitrogens with one attached hydrogen (secondary N) is 1. The van der Waals surface area contributed by atoms with Crippen LogP contribution in [0.1, 0.15) is 34.4 Å². The Hall–Kier alpha value is -4.02. The van der Waals surface area contributed by atoms with E-state index in [0.717, 1.165) is 22.4 Å². The van der Waals surface area contributed by atoms with Gasteiger partial charge in [0.15, 0.2) is 5.13 Å². The van der Waals surface area contributed by atoms with Crippen LogP contribution in [-0.4, -0.2) is 22.4 Å². The van der Waals surface area contributed by atoms with E-state index in [1.54, 1.807) is 18.7 Å². The third-order valence-electron chi connectivity index (χ3n) is 6.07. The lowest BCUT2D eigenvalue weighted by atomic mass is 9.99. The quantitative estimate of drug-likeness (QED) is 0.374. The van der Waals surface area contributed by atoms with Gasteiger partial charge in [0.05, 0.1) is 5.69 Å². The van der Waals surface area contributed by atoms with E-state index >= 15 is 0 Å². The van der Waals surface area contributed by atoms with Crippen molar-refractivity contribution in [2.24, 2.45) is 0 Å². The normalized spacial score (nSPS) is 10.7. The first kappa shape index (κ1) is 24.1. The van der Waals surface area contributed by atoms with Crippen molar-refractivity contribution in [1.82, 2.24) is 9.97 Å². The fourth-order valence-corrected chi connectivity index (χ4v) is 5.01. The summed E-state index contributed by atoms with van der Waals surface area (Å²) >= 11 is 1.46. The van der Waals surface area contributed by atoms with Crippen molar-refractivity contribution in [3.63, 3.8) is 0 Å². The summed E-state index contributed by atoms with van der Waals surface area (Å²) < 4.78 is 0. The summed E-state index contributed by atoms with van der Waals surface area (Å²) in [5.41, 5.74) is 4.87. The first-order chi connectivity index (χ1) is 17.0. The molecule has 2 aromatic heterocycles. The van der Waals surface area contributed by atoms with Crippen LogP contribution in [0.2, 0.25) is 0 Å². The molecule has 0 bridgehead atoms. The number of nitriles is 1. The summed E-state index contributed by atoms with van der Waals surface area (Å²) in [5.74, 6) is -0.0431. The van der Waals surface area contributed by atoms with Gasteiger partial charge in [0.1, 0.15) is 11.6 Å². The molecule has 2 heterocycles. The van der Waals surface area contributed by atoms with E-state index in [-0.39, 0.29) is 17.9 Å². The number of H-pyrrole nitrogens is 1. The molecule has 4 aromatic rings. The molecule has 35 heavy (non-hydrogen) atoms. The highest BCUT2D eigenvalue weighted by Gasteiger charge is 2.21. The monoisotopic (exact) mass is 482 g/mol. The SMILES string of the molecule is Cc1[nH]c(=O)c(C#N)c(C)c1CCC(=O)N(CCc1ccccc1)c1nc(-c2ccccc2)cs1. The fourth-order valence-electron chi connectivity index (χ4n) is 4.13. The summed E-state index contributed by atoms with van der Waals surface area (Å²) in [7, 11) is 0. The summed E-state index contributed by atoms with van der Waals surface area (Å²) in [6.45, 7) is 4.08. The first-order valence-corrected chi connectivity index (χ1v) is 12.3. The molecule has 0 saturated carbocycles. The van der Waals surface area contributed by atoms with Crippen LogP contribution >= 0.6 is 11.3 Å². The Labute approximate surface area is 208 Å². The molecular weight excluding hydrogens is 456 g/mol. The van der Waals surface area contributed by atoms with E-state index in [4.69, 9.17) is 4.98 Å². The highest BCUT2D eigenvalue weighted by molar-refractivity contribution is 7.14. The van der Waals surface area contributed by atoms with Crippen LogP contribution in [-0.2, 0) is 17.6 Å². The van der Waals surface area contributed by atoms with Crippen molar-refractivity contribution >= 4 is 22.4 Å². The minimum atomic E-state index is -0.390. The number of thiazole rings is 1. The van der Waals surface area contributed by atoms with Crippen molar-refractivity contribution < 1.29 is 4.79 Å². The maximum Gasteiger partial charge on any atom is 0.266 e. The molecule has 0 saturated heterocycles. The second-order valence-electron chi connectivity index (χ2n) is 8.33. The Morgan fingerprint density at radius 3 is 2.43 bits per heavy atom. The number of amides is 1. The summed E-state index contributed by atoms with van der Waals surface area (Å²) in [5, 5.41) is 12.0. The number of rotatable bonds is 8. The van der Waals surface area contributed by atoms with Crippen molar-refractivity contribution in [1.29, 1.82) is 5.26 Å². The number of hydrogen-bond donors (Lipinski definition) is 1. The van der Waals surface area contributed by atoms with Crippen LogP contribution in [0.4, 0.5) is 5.13 Å². The summed E-state index contributed by atoms with van der Waals surface area (Å²) in [6, 6.07) is 22.0. The predicted molar refractivity (Wildman–Crippen MR) is 140 cm³/mol. The van der Waals surface area contributed by atoms with Crippen molar-refractivity contribution in [3.8, 4) is 17.3 Å². The van der Waals surface area contributed by atoms with Crippen LogP contribution in [0.15, 0.2) is 70.8 Å². The lowest BCUT2D eigenvalue weighted by Gasteiger charge is -2.21. The maximum atomic E-state index is 13.5. The molecule has 0 aliphatic rings. The van der Waals surface area contributed by atoms with E-state index in [1.165, 1.54) is 11.3 Å². The zero-order chi connectivity index (χ0) is 24.8. The molecule has 0 spiro atoms. The Bertz CT molecular complexity index is 1420. The Morgan fingerprint density at radius 2 is 1.74 bits per heavy atom. The number of hydrogen-bond acceptors (Lipinski definition) is 5. The first-order valence-electron chi connectivity index (χ1n) is 11.5. The van der Waals surface area contributed by atoms with E-state index < -0.39 is 5.56 Å². The molecule has 4 rings (SSSR count). The van der Waals surface area contributed by atoms with Gasteiger partial charge in [-0.15, -0.1) is 11.3 Å². The lowest BCUT2D eigenvalue weighted by molar-refractivity contribution is -0.118. The van der Waals surface area contributed by atoms with Gasteiger partial charge >= 0.3 is 0 Å². The minimum Gasteiger partial charge on any atom is -0.325 e. The van der Waals surface area contributed by atoms with Crippen LogP contribution < -0.4 is 10.5 Å². The lowest BCUT2D eigenvalue weighted by Crippen LogP contribution is -2.33. The van der Waals surface area contributed by atoms with E-state index in [9.17, 15) is 14.9 Å². The third-order valence-corrected chi connectivity index (χ3v) is 6.93. The van der Waals surface area contributed by atoms with Gasteiger partial charge in [-0.05, 0) is 43.4 Å². The number of pyridine rings is 1. The average Bonchev–Trinajstić information content (AvgIpc) is 3.35. The molecule has 0 atom stereocenters. The molecule has 6 nitrogen and oxygen atoms in total. The zero-order valence-corrected chi connectivity index (χ0v) is 20.6. The van der Waals surface area contributed by atoms with Crippen molar-refractivity contribution in [2.45, 2.75) is 33.1 Å². The number of nitrogens with zero attached hydrogens (tertiary/aromatic N) is 3. The summed E-state index contributed by atoms with van der Waals surface area (Å²) in [4.78, 5) is 34.8. The van der Waals surface area contributed by atoms with Gasteiger partial charge in [0.25, 0.3) is 5.56 Å². The largest absolute Gasteiger partial charge is 0.325 e. The number of benzene rings is 2. The second-order valence-corrected chi connectivity index (χ2v) is 9.17. The van der Waals surface area contributed by atoms with E-state index in [0.29, 0.717) is 35.8 Å². The predicted octanol–water partition coefficient (Wildman–Crippen LogP) is 5.20. The highest BCUT2D eigenvalue weighted by Crippen LogP contribution is 2.28. The molecule has 1 amide bonds. The Kier molecular flexibility index (Phi) is 7.54. The molecule has 1 N–H and O–H groups in total. The molecule has 7 heteroatoms. The van der Waals surface area contributed by atoms with Gasteiger partial charge in [-0.1, -0.05) is 60.7 Å². The van der Waals surface area contributed by atoms with Gasteiger partial charge < -0.3 is 4.98 Å². The fraction of sp³-hybridized carbons (Fsp3) is 0.214. The Morgan fingerprint density at radius 1 is 1.06 bits per heavy atom. The summed E-state index contributed by atoms with van der Waals surface area (Å²) in [6.07, 6.45) is 1.39. The van der Waals surface area contributed by atoms with Gasteiger partial charge in [-0.25, -0.2) is 4.98 Å². The molecule has 0 unspecified atom stereocenters. The third kappa shape index (κ3) is 5.56. The molecule has 0 radical (unpaired) electrons. The Balaban J connectivity index is 1.58. The van der Waals surface area contributed by atoms with Gasteiger partial charge in [-0.2, -0.15) is 5.26 Å². The molecule has 2 aromatic carbocycles. The molecule has 0 aliphatic carbocycles. The van der Waals surface area contributed by atoms with Gasteiger partial charge in [0.2, 0.25) is 5.91 Å².